The van der Waals surface area contributed by atoms with Crippen molar-refractivity contribution in [3.63, 3.8) is 0 Å². The second-order valence-corrected chi connectivity index (χ2v) is 5.95. The summed E-state index contributed by atoms with van der Waals surface area (Å²) in [4.78, 5) is 14.2. The van der Waals surface area contributed by atoms with Crippen molar-refractivity contribution < 1.29 is 4.79 Å². The van der Waals surface area contributed by atoms with E-state index in [0.717, 1.165) is 23.2 Å². The second-order valence-electron chi connectivity index (χ2n) is 4.84. The molecule has 2 rings (SSSR count). The Bertz CT molecular complexity index is 565. The van der Waals surface area contributed by atoms with Crippen molar-refractivity contribution in [1.82, 2.24) is 4.90 Å². The second kappa shape index (κ2) is 6.73. The molecular weight excluding hydrogens is 254 g/mol. The van der Waals surface area contributed by atoms with Crippen molar-refractivity contribution in [1.29, 1.82) is 0 Å². The minimum atomic E-state index is 0.217. The molecule has 0 N–H and O–H groups in total. The molecule has 0 radical (unpaired) electrons. The number of ketones is 1. The summed E-state index contributed by atoms with van der Waals surface area (Å²) in [7, 11) is 4.09. The average Bonchev–Trinajstić information content (AvgIpc) is 2.42. The molecule has 2 nitrogen and oxygen atoms in total. The number of rotatable bonds is 6. The van der Waals surface area contributed by atoms with E-state index in [1.165, 1.54) is 5.39 Å². The zero-order valence-corrected chi connectivity index (χ0v) is 12.2. The minimum Gasteiger partial charge on any atom is -0.309 e. The number of carbonyl (C=O) groups is 1. The van der Waals surface area contributed by atoms with Crippen molar-refractivity contribution in [2.45, 2.75) is 0 Å². The van der Waals surface area contributed by atoms with Crippen LogP contribution < -0.4 is 0 Å². The molecule has 0 heterocycles. The first kappa shape index (κ1) is 14.1. The van der Waals surface area contributed by atoms with Gasteiger partial charge in [0.25, 0.3) is 0 Å². The summed E-state index contributed by atoms with van der Waals surface area (Å²) in [5.74, 6) is 1.77. The van der Waals surface area contributed by atoms with E-state index >= 15 is 0 Å². The molecule has 0 spiro atoms. The molecule has 0 aliphatic carbocycles. The molecule has 0 bridgehead atoms. The van der Waals surface area contributed by atoms with Crippen LogP contribution in [0.4, 0.5) is 0 Å². The largest absolute Gasteiger partial charge is 0.309 e. The molecule has 100 valence electrons. The van der Waals surface area contributed by atoms with E-state index in [0.29, 0.717) is 5.75 Å². The lowest BCUT2D eigenvalue weighted by molar-refractivity contribution is 0.102. The number of thioether (sulfide) groups is 1. The minimum absolute atomic E-state index is 0.217. The summed E-state index contributed by atoms with van der Waals surface area (Å²) >= 11 is 1.70. The summed E-state index contributed by atoms with van der Waals surface area (Å²) < 4.78 is 0. The number of hydrogen-bond acceptors (Lipinski definition) is 3. The average molecular weight is 273 g/mol. The normalized spacial score (nSPS) is 11.1. The lowest BCUT2D eigenvalue weighted by atomic mass is 10.1. The summed E-state index contributed by atoms with van der Waals surface area (Å²) in [5.41, 5.74) is 0.816. The van der Waals surface area contributed by atoms with Gasteiger partial charge in [0.15, 0.2) is 5.78 Å². The number of carbonyl (C=O) groups excluding carboxylic acids is 1. The van der Waals surface area contributed by atoms with Crippen LogP contribution >= 0.6 is 11.8 Å². The van der Waals surface area contributed by atoms with Crippen molar-refractivity contribution >= 4 is 28.3 Å². The number of hydrogen-bond donors (Lipinski definition) is 0. The molecule has 0 aromatic heterocycles. The fraction of sp³-hybridized carbons (Fsp3) is 0.312. The fourth-order valence-electron chi connectivity index (χ4n) is 1.86. The van der Waals surface area contributed by atoms with Crippen molar-refractivity contribution in [2.24, 2.45) is 0 Å². The predicted octanol–water partition coefficient (Wildman–Crippen LogP) is 3.32. The molecule has 0 saturated heterocycles. The van der Waals surface area contributed by atoms with E-state index in [4.69, 9.17) is 0 Å². The monoisotopic (exact) mass is 273 g/mol. The highest BCUT2D eigenvalue weighted by Crippen LogP contribution is 2.17. The van der Waals surface area contributed by atoms with Crippen LogP contribution in [0.15, 0.2) is 42.5 Å². The Morgan fingerprint density at radius 1 is 1.11 bits per heavy atom. The standard InChI is InChI=1S/C16H19NOS/c1-17(2)9-10-19-12-16(18)15-8-7-13-5-3-4-6-14(13)11-15/h3-8,11H,9-10,12H2,1-2H3. The van der Waals surface area contributed by atoms with Gasteiger partial charge in [0.05, 0.1) is 5.75 Å². The van der Waals surface area contributed by atoms with Crippen LogP contribution in [-0.4, -0.2) is 42.8 Å². The summed E-state index contributed by atoms with van der Waals surface area (Å²) in [6.45, 7) is 1.01. The zero-order chi connectivity index (χ0) is 13.7. The van der Waals surface area contributed by atoms with Gasteiger partial charge in [-0.25, -0.2) is 0 Å². The summed E-state index contributed by atoms with van der Waals surface area (Å²) in [5, 5.41) is 2.31. The van der Waals surface area contributed by atoms with E-state index < -0.39 is 0 Å². The molecule has 0 amide bonds. The highest BCUT2D eigenvalue weighted by molar-refractivity contribution is 8.00. The van der Waals surface area contributed by atoms with Gasteiger partial charge in [-0.15, -0.1) is 0 Å². The zero-order valence-electron chi connectivity index (χ0n) is 11.4. The van der Waals surface area contributed by atoms with Gasteiger partial charge in [0.2, 0.25) is 0 Å². The van der Waals surface area contributed by atoms with Crippen LogP contribution in [-0.2, 0) is 0 Å². The van der Waals surface area contributed by atoms with Gasteiger partial charge >= 0.3 is 0 Å². The summed E-state index contributed by atoms with van der Waals surface area (Å²) in [6.07, 6.45) is 0. The molecule has 3 heteroatoms. The Kier molecular flexibility index (Phi) is 5.00. The van der Waals surface area contributed by atoms with Crippen LogP contribution in [0.5, 0.6) is 0 Å². The molecule has 19 heavy (non-hydrogen) atoms. The van der Waals surface area contributed by atoms with Gasteiger partial charge in [-0.1, -0.05) is 36.4 Å². The van der Waals surface area contributed by atoms with Gasteiger partial charge in [-0.3, -0.25) is 4.79 Å². The molecule has 2 aromatic rings. The summed E-state index contributed by atoms with van der Waals surface area (Å²) in [6, 6.07) is 14.1. The van der Waals surface area contributed by atoms with Crippen LogP contribution in [0.25, 0.3) is 10.8 Å². The first-order chi connectivity index (χ1) is 9.16. The third-order valence-electron chi connectivity index (χ3n) is 2.99. The maximum Gasteiger partial charge on any atom is 0.172 e. The number of benzene rings is 2. The van der Waals surface area contributed by atoms with Crippen LogP contribution in [0.1, 0.15) is 10.4 Å². The molecule has 0 saturated carbocycles. The van der Waals surface area contributed by atoms with Crippen LogP contribution in [0.3, 0.4) is 0 Å². The Balaban J connectivity index is 1.97. The Labute approximate surface area is 118 Å². The number of fused-ring (bicyclic) bond motifs is 1. The molecule has 0 atom stereocenters. The van der Waals surface area contributed by atoms with Gasteiger partial charge in [-0.2, -0.15) is 11.8 Å². The Morgan fingerprint density at radius 2 is 1.84 bits per heavy atom. The van der Waals surface area contributed by atoms with E-state index in [9.17, 15) is 4.79 Å². The van der Waals surface area contributed by atoms with Gasteiger partial charge in [0, 0.05) is 17.9 Å². The first-order valence-electron chi connectivity index (χ1n) is 6.41. The molecule has 2 aromatic carbocycles. The number of nitrogens with zero attached hydrogens (tertiary/aromatic N) is 1. The number of Topliss-reactive ketones (excluding diaryl/α,β-unsaturated/α-hetero) is 1. The Morgan fingerprint density at radius 3 is 2.58 bits per heavy atom. The molecular formula is C16H19NOS. The molecule has 0 aliphatic heterocycles. The van der Waals surface area contributed by atoms with Crippen LogP contribution in [0.2, 0.25) is 0 Å². The molecule has 0 unspecified atom stereocenters. The van der Waals surface area contributed by atoms with Crippen molar-refractivity contribution in [3.05, 3.63) is 48.0 Å². The Hall–Kier alpha value is -1.32. The molecule has 0 fully saturated rings. The smallest absolute Gasteiger partial charge is 0.172 e. The lowest BCUT2D eigenvalue weighted by Crippen LogP contribution is -2.15. The first-order valence-corrected chi connectivity index (χ1v) is 7.57. The maximum absolute atomic E-state index is 12.1. The van der Waals surface area contributed by atoms with E-state index in [1.807, 2.05) is 50.5 Å². The van der Waals surface area contributed by atoms with Crippen LogP contribution in [0, 0.1) is 0 Å². The lowest BCUT2D eigenvalue weighted by Gasteiger charge is -2.08. The van der Waals surface area contributed by atoms with Crippen molar-refractivity contribution in [2.75, 3.05) is 32.1 Å². The van der Waals surface area contributed by atoms with Gasteiger partial charge < -0.3 is 4.90 Å². The van der Waals surface area contributed by atoms with E-state index in [1.54, 1.807) is 11.8 Å². The van der Waals surface area contributed by atoms with Gasteiger partial charge in [-0.05, 0) is 30.9 Å². The maximum atomic E-state index is 12.1. The van der Waals surface area contributed by atoms with Gasteiger partial charge in [0.1, 0.15) is 0 Å². The predicted molar refractivity (Wildman–Crippen MR) is 84.2 cm³/mol. The SMILES string of the molecule is CN(C)CCSCC(=O)c1ccc2ccccc2c1. The van der Waals surface area contributed by atoms with Crippen molar-refractivity contribution in [3.8, 4) is 0 Å². The topological polar surface area (TPSA) is 20.3 Å². The third-order valence-corrected chi connectivity index (χ3v) is 3.92. The highest BCUT2D eigenvalue weighted by Gasteiger charge is 2.06. The highest BCUT2D eigenvalue weighted by atomic mass is 32.2. The molecule has 0 aliphatic rings. The quantitative estimate of drug-likeness (QED) is 0.595. The van der Waals surface area contributed by atoms with E-state index in [2.05, 4.69) is 11.0 Å². The fourth-order valence-corrected chi connectivity index (χ4v) is 2.85. The third kappa shape index (κ3) is 4.08. The van der Waals surface area contributed by atoms with E-state index in [-0.39, 0.29) is 5.78 Å².